The first-order valence-electron chi connectivity index (χ1n) is 7.74. The highest BCUT2D eigenvalue weighted by Gasteiger charge is 2.27. The van der Waals surface area contributed by atoms with Gasteiger partial charge in [0.05, 0.1) is 22.0 Å². The summed E-state index contributed by atoms with van der Waals surface area (Å²) < 4.78 is 4.99. The number of nitrogens with one attached hydrogen (secondary N) is 1. The fraction of sp³-hybridized carbons (Fsp3) is 0.235. The molecule has 10 heteroatoms. The number of ketones is 1. The number of nitro groups is 1. The molecule has 1 aromatic carbocycles. The van der Waals surface area contributed by atoms with Gasteiger partial charge < -0.3 is 10.1 Å². The van der Waals surface area contributed by atoms with Crippen LogP contribution in [-0.4, -0.2) is 29.2 Å². The largest absolute Gasteiger partial charge is 0.462 e. The van der Waals surface area contributed by atoms with Crippen molar-refractivity contribution in [1.29, 1.82) is 0 Å². The number of esters is 1. The second-order valence-corrected chi connectivity index (χ2v) is 6.87. The summed E-state index contributed by atoms with van der Waals surface area (Å²) in [5.74, 6) is -1.81. The third-order valence-corrected chi connectivity index (χ3v) is 5.12. The Labute approximate surface area is 163 Å². The van der Waals surface area contributed by atoms with Crippen LogP contribution in [0.15, 0.2) is 18.2 Å². The predicted molar refractivity (Wildman–Crippen MR) is 101 cm³/mol. The van der Waals surface area contributed by atoms with Gasteiger partial charge in [-0.25, -0.2) is 4.79 Å². The standard InChI is InChI=1S/C17H15ClN2O6S/c1-4-26-17(23)13-8(2)14(9(3)21)27-16(13)19-15(22)11-7-10(18)5-6-12(11)20(24)25/h5-7H,4H2,1-3H3,(H,19,22). The first kappa shape index (κ1) is 20.5. The number of anilines is 1. The van der Waals surface area contributed by atoms with Gasteiger partial charge in [-0.2, -0.15) is 0 Å². The quantitative estimate of drug-likeness (QED) is 0.329. The minimum atomic E-state index is -0.828. The molecule has 1 amide bonds. The Morgan fingerprint density at radius 2 is 2.00 bits per heavy atom. The number of benzene rings is 1. The maximum atomic E-state index is 12.6. The van der Waals surface area contributed by atoms with Gasteiger partial charge in [-0.1, -0.05) is 11.6 Å². The number of thiophene rings is 1. The maximum Gasteiger partial charge on any atom is 0.341 e. The molecule has 1 N–H and O–H groups in total. The van der Waals surface area contributed by atoms with E-state index in [0.717, 1.165) is 23.5 Å². The first-order chi connectivity index (χ1) is 12.7. The number of rotatable bonds is 6. The van der Waals surface area contributed by atoms with Crippen molar-refractivity contribution in [2.45, 2.75) is 20.8 Å². The molecular weight excluding hydrogens is 396 g/mol. The molecule has 0 bridgehead atoms. The van der Waals surface area contributed by atoms with Crippen LogP contribution in [0.2, 0.25) is 5.02 Å². The van der Waals surface area contributed by atoms with Crippen molar-refractivity contribution < 1.29 is 24.0 Å². The van der Waals surface area contributed by atoms with E-state index in [9.17, 15) is 24.5 Å². The molecule has 8 nitrogen and oxygen atoms in total. The lowest BCUT2D eigenvalue weighted by Crippen LogP contribution is -2.16. The van der Waals surface area contributed by atoms with Gasteiger partial charge in [0, 0.05) is 11.1 Å². The summed E-state index contributed by atoms with van der Waals surface area (Å²) in [5, 5.41) is 13.9. The SMILES string of the molecule is CCOC(=O)c1c(NC(=O)c2cc(Cl)ccc2[N+](=O)[O-])sc(C(C)=O)c1C. The van der Waals surface area contributed by atoms with Gasteiger partial charge in [0.1, 0.15) is 10.6 Å². The summed E-state index contributed by atoms with van der Waals surface area (Å²) in [6.07, 6.45) is 0. The molecular formula is C17H15ClN2O6S. The number of nitrogens with zero attached hydrogens (tertiary/aromatic N) is 1. The van der Waals surface area contributed by atoms with E-state index in [1.165, 1.54) is 13.0 Å². The van der Waals surface area contributed by atoms with Crippen molar-refractivity contribution in [2.75, 3.05) is 11.9 Å². The number of ether oxygens (including phenoxy) is 1. The number of hydrogen-bond acceptors (Lipinski definition) is 7. The maximum absolute atomic E-state index is 12.6. The molecule has 2 aromatic rings. The van der Waals surface area contributed by atoms with E-state index in [4.69, 9.17) is 16.3 Å². The van der Waals surface area contributed by atoms with Crippen LogP contribution >= 0.6 is 22.9 Å². The molecule has 0 aliphatic carbocycles. The number of carbonyl (C=O) groups excluding carboxylic acids is 3. The Hall–Kier alpha value is -2.78. The fourth-order valence-corrected chi connectivity index (χ4v) is 3.66. The van der Waals surface area contributed by atoms with E-state index >= 15 is 0 Å². The lowest BCUT2D eigenvalue weighted by molar-refractivity contribution is -0.385. The summed E-state index contributed by atoms with van der Waals surface area (Å²) in [6, 6.07) is 3.57. The molecule has 1 aromatic heterocycles. The lowest BCUT2D eigenvalue weighted by Gasteiger charge is -2.08. The predicted octanol–water partition coefficient (Wildman–Crippen LogP) is 4.25. The number of hydrogen-bond donors (Lipinski definition) is 1. The topological polar surface area (TPSA) is 116 Å². The van der Waals surface area contributed by atoms with Crippen LogP contribution in [0.1, 0.15) is 49.8 Å². The van der Waals surface area contributed by atoms with Crippen LogP contribution in [0.3, 0.4) is 0 Å². The van der Waals surface area contributed by atoms with Gasteiger partial charge in [0.25, 0.3) is 11.6 Å². The van der Waals surface area contributed by atoms with Crippen molar-refractivity contribution in [3.05, 3.63) is 54.9 Å². The number of carbonyl (C=O) groups is 3. The molecule has 0 fully saturated rings. The zero-order valence-corrected chi connectivity index (χ0v) is 16.2. The summed E-state index contributed by atoms with van der Waals surface area (Å²) >= 11 is 6.75. The molecule has 0 spiro atoms. The second-order valence-electron chi connectivity index (χ2n) is 5.41. The Morgan fingerprint density at radius 1 is 1.33 bits per heavy atom. The Balaban J connectivity index is 2.51. The highest BCUT2D eigenvalue weighted by molar-refractivity contribution is 7.18. The van der Waals surface area contributed by atoms with Gasteiger partial charge in [0.15, 0.2) is 5.78 Å². The van der Waals surface area contributed by atoms with Crippen molar-refractivity contribution in [2.24, 2.45) is 0 Å². The van der Waals surface area contributed by atoms with E-state index in [1.807, 2.05) is 0 Å². The number of Topliss-reactive ketones (excluding diaryl/α,β-unsaturated/α-hetero) is 1. The normalized spacial score (nSPS) is 10.4. The molecule has 0 aliphatic heterocycles. The Bertz CT molecular complexity index is 953. The molecule has 0 radical (unpaired) electrons. The molecule has 27 heavy (non-hydrogen) atoms. The zero-order chi connectivity index (χ0) is 20.3. The van der Waals surface area contributed by atoms with Crippen LogP contribution < -0.4 is 5.32 Å². The number of halogens is 1. The molecule has 0 unspecified atom stereocenters. The van der Waals surface area contributed by atoms with E-state index in [0.29, 0.717) is 5.56 Å². The summed E-state index contributed by atoms with van der Waals surface area (Å²) in [6.45, 7) is 4.63. The van der Waals surface area contributed by atoms with Crippen molar-refractivity contribution in [3.8, 4) is 0 Å². The lowest BCUT2D eigenvalue weighted by atomic mass is 10.1. The third kappa shape index (κ3) is 4.32. The fourth-order valence-electron chi connectivity index (χ4n) is 2.41. The Kier molecular flexibility index (Phi) is 6.29. The minimum absolute atomic E-state index is 0.0464. The second kappa shape index (κ2) is 8.28. The van der Waals surface area contributed by atoms with Crippen molar-refractivity contribution in [1.82, 2.24) is 0 Å². The van der Waals surface area contributed by atoms with Crippen LogP contribution in [-0.2, 0) is 4.74 Å². The van der Waals surface area contributed by atoms with Gasteiger partial charge in [-0.05, 0) is 38.5 Å². The van der Waals surface area contributed by atoms with Gasteiger partial charge >= 0.3 is 5.97 Å². The summed E-state index contributed by atoms with van der Waals surface area (Å²) in [7, 11) is 0. The first-order valence-corrected chi connectivity index (χ1v) is 8.93. The minimum Gasteiger partial charge on any atom is -0.462 e. The van der Waals surface area contributed by atoms with E-state index in [1.54, 1.807) is 13.8 Å². The number of nitro benzene ring substituents is 1. The van der Waals surface area contributed by atoms with Crippen LogP contribution in [0.4, 0.5) is 10.7 Å². The average molecular weight is 411 g/mol. The average Bonchev–Trinajstić information content (AvgIpc) is 2.91. The van der Waals surface area contributed by atoms with Gasteiger partial charge in [-0.15, -0.1) is 11.3 Å². The van der Waals surface area contributed by atoms with E-state index < -0.39 is 22.5 Å². The molecule has 2 rings (SSSR count). The molecule has 142 valence electrons. The molecule has 0 atom stereocenters. The smallest absolute Gasteiger partial charge is 0.341 e. The Morgan fingerprint density at radius 3 is 2.56 bits per heavy atom. The zero-order valence-electron chi connectivity index (χ0n) is 14.6. The molecule has 0 saturated heterocycles. The van der Waals surface area contributed by atoms with Gasteiger partial charge in [0.2, 0.25) is 0 Å². The molecule has 1 heterocycles. The summed E-state index contributed by atoms with van der Waals surface area (Å²) in [4.78, 5) is 47.4. The van der Waals surface area contributed by atoms with E-state index in [2.05, 4.69) is 5.32 Å². The van der Waals surface area contributed by atoms with Crippen molar-refractivity contribution in [3.63, 3.8) is 0 Å². The highest BCUT2D eigenvalue weighted by atomic mass is 35.5. The summed E-state index contributed by atoms with van der Waals surface area (Å²) in [5.41, 5.74) is -0.278. The molecule has 0 aliphatic rings. The van der Waals surface area contributed by atoms with Crippen molar-refractivity contribution >= 4 is 51.3 Å². The van der Waals surface area contributed by atoms with Gasteiger partial charge in [-0.3, -0.25) is 19.7 Å². The van der Waals surface area contributed by atoms with Crippen LogP contribution in [0.5, 0.6) is 0 Å². The third-order valence-electron chi connectivity index (χ3n) is 3.57. The monoisotopic (exact) mass is 410 g/mol. The highest BCUT2D eigenvalue weighted by Crippen LogP contribution is 2.35. The van der Waals surface area contributed by atoms with Crippen LogP contribution in [0.25, 0.3) is 0 Å². The molecule has 0 saturated carbocycles. The number of amides is 1. The van der Waals surface area contributed by atoms with Crippen LogP contribution in [0, 0.1) is 17.0 Å². The van der Waals surface area contributed by atoms with E-state index in [-0.39, 0.29) is 38.4 Å².